The Balaban J connectivity index is 5.26. The molecule has 0 aliphatic rings. The molecule has 0 aromatic heterocycles. The molecule has 0 rings (SSSR count). The minimum Gasteiger partial charge on any atom is -0.462 e. The number of esters is 4. The number of aliphatic hydroxyl groups is 1. The Morgan fingerprint density at radius 1 is 0.287 bits per heavy atom. The summed E-state index contributed by atoms with van der Waals surface area (Å²) in [5.74, 6) is -1.35. The van der Waals surface area contributed by atoms with Crippen LogP contribution in [0.2, 0.25) is 0 Å². The van der Waals surface area contributed by atoms with E-state index in [-0.39, 0.29) is 25.7 Å². The van der Waals surface area contributed by atoms with Crippen molar-refractivity contribution in [2.45, 2.75) is 412 Å². The zero-order valence-corrected chi connectivity index (χ0v) is 62.9. The van der Waals surface area contributed by atoms with Gasteiger partial charge in [-0.15, -0.1) is 0 Å². The van der Waals surface area contributed by atoms with E-state index >= 15 is 0 Å². The first kappa shape index (κ1) is 92.1. The lowest BCUT2D eigenvalue weighted by Gasteiger charge is -2.21. The number of hydrogen-bond donors (Lipinski definition) is 3. The average Bonchev–Trinajstić information content (AvgIpc) is 2.04. The number of aliphatic hydroxyl groups excluding tert-OH is 1. The van der Waals surface area contributed by atoms with Crippen LogP contribution in [0.3, 0.4) is 0 Å². The van der Waals surface area contributed by atoms with Gasteiger partial charge in [0.15, 0.2) is 12.2 Å². The molecule has 0 aliphatic carbocycles. The fourth-order valence-corrected chi connectivity index (χ4v) is 13.1. The van der Waals surface area contributed by atoms with Gasteiger partial charge in [0, 0.05) is 25.7 Å². The van der Waals surface area contributed by atoms with Crippen molar-refractivity contribution in [2.75, 3.05) is 39.6 Å². The van der Waals surface area contributed by atoms with Gasteiger partial charge in [0.1, 0.15) is 19.3 Å². The monoisotopic (exact) mass is 1380 g/mol. The van der Waals surface area contributed by atoms with Crippen LogP contribution in [0.5, 0.6) is 0 Å². The number of hydrogen-bond acceptors (Lipinski definition) is 15. The van der Waals surface area contributed by atoms with Crippen molar-refractivity contribution in [3.63, 3.8) is 0 Å². The van der Waals surface area contributed by atoms with Crippen LogP contribution < -0.4 is 0 Å². The van der Waals surface area contributed by atoms with Gasteiger partial charge in [-0.2, -0.15) is 0 Å². The molecule has 3 N–H and O–H groups in total. The molecule has 0 fully saturated rings. The van der Waals surface area contributed by atoms with Gasteiger partial charge >= 0.3 is 39.5 Å². The lowest BCUT2D eigenvalue weighted by molar-refractivity contribution is -0.161. The van der Waals surface area contributed by atoms with E-state index in [1.54, 1.807) is 0 Å². The van der Waals surface area contributed by atoms with E-state index in [1.165, 1.54) is 218 Å². The fraction of sp³-hybridized carbons (Fsp3) is 0.947. The Kier molecular flexibility index (Phi) is 66.8. The normalized spacial score (nSPS) is 14.0. The van der Waals surface area contributed by atoms with Gasteiger partial charge in [-0.05, 0) is 31.6 Å². The van der Waals surface area contributed by atoms with Crippen LogP contribution in [0, 0.1) is 5.92 Å². The quantitative estimate of drug-likeness (QED) is 0.0222. The smallest absolute Gasteiger partial charge is 0.462 e. The third-order valence-corrected chi connectivity index (χ3v) is 19.4. The number of carbonyl (C=O) groups excluding carboxylic acids is 4. The molecule has 0 aliphatic heterocycles. The molecule has 0 saturated carbocycles. The molecule has 0 aromatic rings. The summed E-state index contributed by atoms with van der Waals surface area (Å²) in [6.45, 7) is 7.30. The molecule has 5 atom stereocenters. The number of phosphoric ester groups is 2. The van der Waals surface area contributed by atoms with Crippen molar-refractivity contribution in [1.29, 1.82) is 0 Å². The molecule has 558 valence electrons. The molecule has 19 heteroatoms. The van der Waals surface area contributed by atoms with Crippen LogP contribution in [0.15, 0.2) is 0 Å². The number of ether oxygens (including phenoxy) is 4. The van der Waals surface area contributed by atoms with Gasteiger partial charge < -0.3 is 33.8 Å². The van der Waals surface area contributed by atoms with Crippen molar-refractivity contribution in [3.8, 4) is 0 Å². The van der Waals surface area contributed by atoms with Crippen LogP contribution in [0.1, 0.15) is 394 Å². The predicted octanol–water partition coefficient (Wildman–Crippen LogP) is 22.1. The lowest BCUT2D eigenvalue weighted by Crippen LogP contribution is -2.30. The third kappa shape index (κ3) is 68.6. The Labute approximate surface area is 575 Å². The van der Waals surface area contributed by atoms with E-state index in [1.807, 2.05) is 0 Å². The van der Waals surface area contributed by atoms with E-state index < -0.39 is 97.5 Å². The highest BCUT2D eigenvalue weighted by molar-refractivity contribution is 7.47. The second-order valence-corrected chi connectivity index (χ2v) is 30.4. The van der Waals surface area contributed by atoms with Gasteiger partial charge in [-0.1, -0.05) is 343 Å². The topological polar surface area (TPSA) is 237 Å². The highest BCUT2D eigenvalue weighted by Gasteiger charge is 2.30. The van der Waals surface area contributed by atoms with E-state index in [0.717, 1.165) is 95.8 Å². The van der Waals surface area contributed by atoms with Gasteiger partial charge in [0.2, 0.25) is 0 Å². The molecule has 17 nitrogen and oxygen atoms in total. The zero-order valence-electron chi connectivity index (χ0n) is 61.1. The van der Waals surface area contributed by atoms with E-state index in [2.05, 4.69) is 34.6 Å². The molecule has 0 bridgehead atoms. The number of unbranched alkanes of at least 4 members (excludes halogenated alkanes) is 47. The average molecular weight is 1380 g/mol. The second kappa shape index (κ2) is 68.2. The van der Waals surface area contributed by atoms with Gasteiger partial charge in [-0.25, -0.2) is 9.13 Å². The standard InChI is InChI=1S/C75H146O17P2/c1-6-9-12-15-18-21-24-27-29-34-39-44-49-54-59-73(78)86-65-71(92-75(80)61-56-51-46-41-36-31-32-37-42-47-52-57-68(4)5)67-90-94(83,84)88-63-69(76)62-87-93(81,82)89-66-70(64-85-72(77)58-53-48-43-38-33-26-23-20-17-14-11-8-3)91-74(79)60-55-50-45-40-35-30-28-25-22-19-16-13-10-7-2/h68-71,76H,6-67H2,1-5H3,(H,81,82)(H,83,84)/t69-,70+,71+/m0/s1. The first-order valence-corrected chi connectivity index (χ1v) is 42.1. The number of carbonyl (C=O) groups is 4. The van der Waals surface area contributed by atoms with Gasteiger partial charge in [0.05, 0.1) is 26.4 Å². The molecule has 0 heterocycles. The molecule has 2 unspecified atom stereocenters. The Bertz CT molecular complexity index is 1810. The number of phosphoric acid groups is 2. The second-order valence-electron chi connectivity index (χ2n) is 27.5. The number of rotatable bonds is 75. The van der Waals surface area contributed by atoms with E-state index in [9.17, 15) is 43.2 Å². The summed E-state index contributed by atoms with van der Waals surface area (Å²) in [7, 11) is -9.91. The van der Waals surface area contributed by atoms with Crippen LogP contribution >= 0.6 is 15.6 Å². The molecular formula is C75H146O17P2. The van der Waals surface area contributed by atoms with Crippen LogP contribution in [-0.4, -0.2) is 96.7 Å². The summed E-state index contributed by atoms with van der Waals surface area (Å²) in [6, 6.07) is 0. The minimum atomic E-state index is -4.95. The molecule has 0 radical (unpaired) electrons. The molecular weight excluding hydrogens is 1230 g/mol. The molecule has 94 heavy (non-hydrogen) atoms. The zero-order chi connectivity index (χ0) is 69.1. The van der Waals surface area contributed by atoms with Crippen LogP contribution in [0.4, 0.5) is 0 Å². The maximum Gasteiger partial charge on any atom is 0.472 e. The van der Waals surface area contributed by atoms with Crippen molar-refractivity contribution >= 4 is 39.5 Å². The maximum atomic E-state index is 13.1. The first-order valence-electron chi connectivity index (χ1n) is 39.1. The van der Waals surface area contributed by atoms with E-state index in [0.29, 0.717) is 25.7 Å². The van der Waals surface area contributed by atoms with Gasteiger partial charge in [0.25, 0.3) is 0 Å². The summed E-state index contributed by atoms with van der Waals surface area (Å²) in [4.78, 5) is 72.8. The van der Waals surface area contributed by atoms with Gasteiger partial charge in [-0.3, -0.25) is 37.3 Å². The van der Waals surface area contributed by atoms with Crippen molar-refractivity contribution in [3.05, 3.63) is 0 Å². The summed E-state index contributed by atoms with van der Waals surface area (Å²) in [5, 5.41) is 10.6. The van der Waals surface area contributed by atoms with Crippen molar-refractivity contribution in [1.82, 2.24) is 0 Å². The summed E-state index contributed by atoms with van der Waals surface area (Å²) >= 11 is 0. The summed E-state index contributed by atoms with van der Waals surface area (Å²) < 4.78 is 68.5. The SMILES string of the molecule is CCCCCCCCCCCCCCCCC(=O)OC[C@H](COP(=O)(O)OC[C@@H](O)COP(=O)(O)OC[C@@H](COC(=O)CCCCCCCCCCCCCC)OC(=O)CCCCCCCCCCCCCCCC)OC(=O)CCCCCCCCCCCCCC(C)C. The highest BCUT2D eigenvalue weighted by atomic mass is 31.2. The summed E-state index contributed by atoms with van der Waals surface area (Å²) in [6.07, 6.45) is 56.6. The Morgan fingerprint density at radius 2 is 0.489 bits per heavy atom. The first-order chi connectivity index (χ1) is 45.5. The lowest BCUT2D eigenvalue weighted by atomic mass is 10.0. The van der Waals surface area contributed by atoms with Crippen molar-refractivity contribution in [2.24, 2.45) is 5.92 Å². The fourth-order valence-electron chi connectivity index (χ4n) is 11.5. The molecule has 0 aromatic carbocycles. The largest absolute Gasteiger partial charge is 0.472 e. The Morgan fingerprint density at radius 3 is 0.723 bits per heavy atom. The molecule has 0 amide bonds. The minimum absolute atomic E-state index is 0.107. The van der Waals surface area contributed by atoms with Crippen LogP contribution in [0.25, 0.3) is 0 Å². The Hall–Kier alpha value is -1.94. The van der Waals surface area contributed by atoms with E-state index in [4.69, 9.17) is 37.0 Å². The maximum absolute atomic E-state index is 13.1. The van der Waals surface area contributed by atoms with Crippen LogP contribution in [-0.2, 0) is 65.4 Å². The highest BCUT2D eigenvalue weighted by Crippen LogP contribution is 2.45. The molecule has 0 saturated heterocycles. The summed E-state index contributed by atoms with van der Waals surface area (Å²) in [5.41, 5.74) is 0. The van der Waals surface area contributed by atoms with Crippen molar-refractivity contribution < 1.29 is 80.2 Å². The third-order valence-electron chi connectivity index (χ3n) is 17.5. The molecule has 0 spiro atoms. The predicted molar refractivity (Wildman–Crippen MR) is 382 cm³/mol.